The van der Waals surface area contributed by atoms with E-state index in [2.05, 4.69) is 10.3 Å². The highest BCUT2D eigenvalue weighted by molar-refractivity contribution is 6.31. The minimum atomic E-state index is -0.601. The Morgan fingerprint density at radius 3 is 2.84 bits per heavy atom. The number of halogens is 1. The number of pyridine rings is 1. The molecule has 0 amide bonds. The summed E-state index contributed by atoms with van der Waals surface area (Å²) in [5.41, 5.74) is 3.08. The Balaban J connectivity index is 1.90. The molecule has 0 aliphatic heterocycles. The van der Waals surface area contributed by atoms with Gasteiger partial charge in [0.2, 0.25) is 0 Å². The van der Waals surface area contributed by atoms with Crippen LogP contribution in [-0.2, 0) is 6.54 Å². The van der Waals surface area contributed by atoms with Gasteiger partial charge in [-0.25, -0.2) is 0 Å². The van der Waals surface area contributed by atoms with Crippen molar-refractivity contribution in [3.63, 3.8) is 0 Å². The van der Waals surface area contributed by atoms with Crippen molar-refractivity contribution in [2.45, 2.75) is 19.6 Å². The maximum atomic E-state index is 10.1. The van der Waals surface area contributed by atoms with Gasteiger partial charge in [-0.3, -0.25) is 4.98 Å². The van der Waals surface area contributed by atoms with Crippen molar-refractivity contribution in [1.82, 2.24) is 10.3 Å². The monoisotopic (exact) mass is 276 g/mol. The molecule has 0 saturated carbocycles. The highest BCUT2D eigenvalue weighted by atomic mass is 35.5. The minimum Gasteiger partial charge on any atom is -0.387 e. The molecule has 0 radical (unpaired) electrons. The first-order chi connectivity index (χ1) is 9.18. The molecule has 1 atom stereocenters. The van der Waals surface area contributed by atoms with Crippen LogP contribution in [0.4, 0.5) is 0 Å². The molecule has 0 spiro atoms. The standard InChI is InChI=1S/C15H17ClN2O/c1-11-8-17-7-6-12(11)9-18-10-15(19)13-4-2-3-5-14(13)16/h2-8,15,18-19H,9-10H2,1H3. The lowest BCUT2D eigenvalue weighted by Crippen LogP contribution is -2.21. The summed E-state index contributed by atoms with van der Waals surface area (Å²) in [4.78, 5) is 4.05. The number of aromatic nitrogens is 1. The fourth-order valence-electron chi connectivity index (χ4n) is 1.90. The molecule has 4 heteroatoms. The van der Waals surface area contributed by atoms with E-state index < -0.39 is 6.10 Å². The lowest BCUT2D eigenvalue weighted by molar-refractivity contribution is 0.174. The summed E-state index contributed by atoms with van der Waals surface area (Å²) in [6.45, 7) is 3.19. The van der Waals surface area contributed by atoms with Gasteiger partial charge in [0.05, 0.1) is 6.10 Å². The molecular weight excluding hydrogens is 260 g/mol. The second-order valence-corrected chi connectivity index (χ2v) is 4.88. The van der Waals surface area contributed by atoms with Crippen LogP contribution in [-0.4, -0.2) is 16.6 Å². The first-order valence-corrected chi connectivity index (χ1v) is 6.59. The molecule has 1 aromatic heterocycles. The number of aliphatic hydroxyl groups excluding tert-OH is 1. The maximum absolute atomic E-state index is 10.1. The van der Waals surface area contributed by atoms with Gasteiger partial charge in [-0.15, -0.1) is 0 Å². The Bertz CT molecular complexity index is 545. The molecule has 0 saturated heterocycles. The molecular formula is C15H17ClN2O. The molecule has 1 aromatic carbocycles. The summed E-state index contributed by atoms with van der Waals surface area (Å²) >= 11 is 6.04. The van der Waals surface area contributed by atoms with Gasteiger partial charge in [-0.2, -0.15) is 0 Å². The molecule has 0 bridgehead atoms. The molecule has 100 valence electrons. The average molecular weight is 277 g/mol. The summed E-state index contributed by atoms with van der Waals surface area (Å²) < 4.78 is 0. The summed E-state index contributed by atoms with van der Waals surface area (Å²) in [6.07, 6.45) is 3.01. The predicted molar refractivity (Wildman–Crippen MR) is 77.1 cm³/mol. The Morgan fingerprint density at radius 2 is 2.11 bits per heavy atom. The van der Waals surface area contributed by atoms with E-state index in [1.54, 1.807) is 12.3 Å². The van der Waals surface area contributed by atoms with Gasteiger partial charge in [0.15, 0.2) is 0 Å². The minimum absolute atomic E-state index is 0.464. The van der Waals surface area contributed by atoms with Crippen LogP contribution in [0, 0.1) is 6.92 Å². The van der Waals surface area contributed by atoms with E-state index in [0.29, 0.717) is 18.1 Å². The van der Waals surface area contributed by atoms with Gasteiger partial charge in [0.1, 0.15) is 0 Å². The van der Waals surface area contributed by atoms with Crippen molar-refractivity contribution in [3.05, 3.63) is 64.4 Å². The zero-order valence-electron chi connectivity index (χ0n) is 10.8. The first-order valence-electron chi connectivity index (χ1n) is 6.21. The number of aliphatic hydroxyl groups is 1. The van der Waals surface area contributed by atoms with Crippen molar-refractivity contribution >= 4 is 11.6 Å². The Morgan fingerprint density at radius 1 is 1.32 bits per heavy atom. The fraction of sp³-hybridized carbons (Fsp3) is 0.267. The highest BCUT2D eigenvalue weighted by Gasteiger charge is 2.10. The number of hydrogen-bond acceptors (Lipinski definition) is 3. The lowest BCUT2D eigenvalue weighted by Gasteiger charge is -2.14. The second-order valence-electron chi connectivity index (χ2n) is 4.47. The van der Waals surface area contributed by atoms with Gasteiger partial charge in [-0.1, -0.05) is 29.8 Å². The maximum Gasteiger partial charge on any atom is 0.0928 e. The zero-order valence-corrected chi connectivity index (χ0v) is 11.6. The van der Waals surface area contributed by atoms with Crippen molar-refractivity contribution in [2.75, 3.05) is 6.54 Å². The highest BCUT2D eigenvalue weighted by Crippen LogP contribution is 2.21. The van der Waals surface area contributed by atoms with Crippen molar-refractivity contribution < 1.29 is 5.11 Å². The quantitative estimate of drug-likeness (QED) is 0.883. The Kier molecular flexibility index (Phi) is 4.91. The summed E-state index contributed by atoms with van der Waals surface area (Å²) in [6, 6.07) is 9.33. The van der Waals surface area contributed by atoms with Crippen LogP contribution in [0.3, 0.4) is 0 Å². The molecule has 2 rings (SSSR count). The van der Waals surface area contributed by atoms with Gasteiger partial charge < -0.3 is 10.4 Å². The molecule has 1 heterocycles. The Hall–Kier alpha value is -1.42. The number of rotatable bonds is 5. The van der Waals surface area contributed by atoms with Crippen LogP contribution < -0.4 is 5.32 Å². The van der Waals surface area contributed by atoms with E-state index in [1.165, 1.54) is 5.56 Å². The van der Waals surface area contributed by atoms with Crippen LogP contribution >= 0.6 is 11.6 Å². The van der Waals surface area contributed by atoms with Crippen molar-refractivity contribution in [3.8, 4) is 0 Å². The molecule has 0 aliphatic carbocycles. The normalized spacial score (nSPS) is 12.4. The third kappa shape index (κ3) is 3.77. The van der Waals surface area contributed by atoms with Gasteiger partial charge in [0.25, 0.3) is 0 Å². The molecule has 0 fully saturated rings. The van der Waals surface area contributed by atoms with E-state index >= 15 is 0 Å². The van der Waals surface area contributed by atoms with E-state index in [9.17, 15) is 5.11 Å². The van der Waals surface area contributed by atoms with Crippen molar-refractivity contribution in [1.29, 1.82) is 0 Å². The molecule has 19 heavy (non-hydrogen) atoms. The van der Waals surface area contributed by atoms with Crippen LogP contribution in [0.25, 0.3) is 0 Å². The van der Waals surface area contributed by atoms with Crippen LogP contribution in [0.2, 0.25) is 5.02 Å². The number of benzene rings is 1. The first kappa shape index (κ1) is 14.0. The second kappa shape index (κ2) is 6.66. The largest absolute Gasteiger partial charge is 0.387 e. The van der Waals surface area contributed by atoms with E-state index in [0.717, 1.165) is 11.1 Å². The van der Waals surface area contributed by atoms with Crippen molar-refractivity contribution in [2.24, 2.45) is 0 Å². The Labute approximate surface area is 118 Å². The van der Waals surface area contributed by atoms with Gasteiger partial charge in [-0.05, 0) is 30.2 Å². The SMILES string of the molecule is Cc1cnccc1CNCC(O)c1ccccc1Cl. The molecule has 2 aromatic rings. The molecule has 0 aliphatic rings. The number of nitrogens with zero attached hydrogens (tertiary/aromatic N) is 1. The number of nitrogens with one attached hydrogen (secondary N) is 1. The number of hydrogen-bond donors (Lipinski definition) is 2. The molecule has 3 nitrogen and oxygen atoms in total. The summed E-state index contributed by atoms with van der Waals surface area (Å²) in [7, 11) is 0. The van der Waals surface area contributed by atoms with Crippen LogP contribution in [0.1, 0.15) is 22.8 Å². The molecule has 2 N–H and O–H groups in total. The third-order valence-corrected chi connectivity index (χ3v) is 3.40. The van der Waals surface area contributed by atoms with E-state index in [4.69, 9.17) is 11.6 Å². The van der Waals surface area contributed by atoms with Gasteiger partial charge >= 0.3 is 0 Å². The average Bonchev–Trinajstić information content (AvgIpc) is 2.41. The van der Waals surface area contributed by atoms with E-state index in [-0.39, 0.29) is 0 Å². The van der Waals surface area contributed by atoms with E-state index in [1.807, 2.05) is 37.4 Å². The predicted octanol–water partition coefficient (Wildman–Crippen LogP) is 2.87. The third-order valence-electron chi connectivity index (χ3n) is 3.05. The van der Waals surface area contributed by atoms with Gasteiger partial charge in [0, 0.05) is 36.1 Å². The van der Waals surface area contributed by atoms with Crippen LogP contribution in [0.5, 0.6) is 0 Å². The zero-order chi connectivity index (χ0) is 13.7. The topological polar surface area (TPSA) is 45.2 Å². The summed E-state index contributed by atoms with van der Waals surface area (Å²) in [5.74, 6) is 0. The summed E-state index contributed by atoms with van der Waals surface area (Å²) in [5, 5.41) is 13.9. The number of aryl methyl sites for hydroxylation is 1. The smallest absolute Gasteiger partial charge is 0.0928 e. The van der Waals surface area contributed by atoms with Crippen LogP contribution in [0.15, 0.2) is 42.7 Å². The lowest BCUT2D eigenvalue weighted by atomic mass is 10.1. The molecule has 1 unspecified atom stereocenters. The fourth-order valence-corrected chi connectivity index (χ4v) is 2.16.